The highest BCUT2D eigenvalue weighted by molar-refractivity contribution is 5.94. The van der Waals surface area contributed by atoms with Crippen LogP contribution in [0.3, 0.4) is 0 Å². The number of benzene rings is 1. The van der Waals surface area contributed by atoms with E-state index in [0.717, 1.165) is 5.56 Å². The lowest BCUT2D eigenvalue weighted by molar-refractivity contribution is 0.0587. The van der Waals surface area contributed by atoms with Gasteiger partial charge >= 0.3 is 0 Å². The molecule has 0 aliphatic carbocycles. The van der Waals surface area contributed by atoms with Crippen LogP contribution in [0, 0.1) is 5.41 Å². The van der Waals surface area contributed by atoms with Gasteiger partial charge in [0.15, 0.2) is 0 Å². The molecule has 2 N–H and O–H groups in total. The van der Waals surface area contributed by atoms with Crippen LogP contribution in [0.4, 0.5) is 0 Å². The molecule has 4 nitrogen and oxygen atoms in total. The van der Waals surface area contributed by atoms with Gasteiger partial charge in [-0.2, -0.15) is 0 Å². The molecule has 1 amide bonds. The second kappa shape index (κ2) is 6.68. The van der Waals surface area contributed by atoms with Gasteiger partial charge in [-0.05, 0) is 23.1 Å². The Morgan fingerprint density at radius 2 is 1.89 bits per heavy atom. The van der Waals surface area contributed by atoms with Crippen LogP contribution >= 0.6 is 0 Å². The largest absolute Gasteiger partial charge is 0.391 e. The Hall–Kier alpha value is -1.39. The quantitative estimate of drug-likeness (QED) is 0.855. The van der Waals surface area contributed by atoms with Crippen LogP contribution < -0.4 is 5.32 Å². The monoisotopic (exact) mass is 265 g/mol. The average molecular weight is 265 g/mol. The lowest BCUT2D eigenvalue weighted by Gasteiger charge is -2.25. The molecule has 0 fully saturated rings. The van der Waals surface area contributed by atoms with Gasteiger partial charge in [-0.1, -0.05) is 32.9 Å². The summed E-state index contributed by atoms with van der Waals surface area (Å²) in [5, 5.41) is 12.6. The minimum absolute atomic E-state index is 0.174. The van der Waals surface area contributed by atoms with Crippen molar-refractivity contribution in [2.75, 3.05) is 13.7 Å². The van der Waals surface area contributed by atoms with Crippen molar-refractivity contribution in [2.24, 2.45) is 5.41 Å². The number of nitrogens with one attached hydrogen (secondary N) is 1. The van der Waals surface area contributed by atoms with Gasteiger partial charge in [0.25, 0.3) is 5.91 Å². The van der Waals surface area contributed by atoms with Crippen LogP contribution in [-0.2, 0) is 11.3 Å². The lowest BCUT2D eigenvalue weighted by Crippen LogP contribution is -2.39. The molecule has 0 heterocycles. The van der Waals surface area contributed by atoms with E-state index in [9.17, 15) is 9.90 Å². The van der Waals surface area contributed by atoms with Crippen molar-refractivity contribution in [2.45, 2.75) is 33.5 Å². The van der Waals surface area contributed by atoms with Crippen molar-refractivity contribution in [3.8, 4) is 0 Å². The Bertz CT molecular complexity index is 406. The standard InChI is InChI=1S/C15H23NO3/c1-15(2,3)13(17)9-16-14(18)12-7-5-11(6-8-12)10-19-4/h5-8,13,17H,9-10H2,1-4H3,(H,16,18). The predicted octanol–water partition coefficient (Wildman–Crippen LogP) is 1.97. The maximum Gasteiger partial charge on any atom is 0.251 e. The molecule has 106 valence electrons. The van der Waals surface area contributed by atoms with Crippen molar-refractivity contribution in [3.05, 3.63) is 35.4 Å². The van der Waals surface area contributed by atoms with Gasteiger partial charge in [0.1, 0.15) is 0 Å². The molecule has 19 heavy (non-hydrogen) atoms. The van der Waals surface area contributed by atoms with E-state index < -0.39 is 6.10 Å². The van der Waals surface area contributed by atoms with Crippen molar-refractivity contribution < 1.29 is 14.6 Å². The molecule has 1 aromatic carbocycles. The molecule has 1 aromatic rings. The van der Waals surface area contributed by atoms with Crippen molar-refractivity contribution in [1.82, 2.24) is 5.32 Å². The number of ether oxygens (including phenoxy) is 1. The normalized spacial score (nSPS) is 13.1. The third-order valence-electron chi connectivity index (χ3n) is 2.98. The summed E-state index contributed by atoms with van der Waals surface area (Å²) >= 11 is 0. The van der Waals surface area contributed by atoms with Crippen LogP contribution in [0.1, 0.15) is 36.7 Å². The van der Waals surface area contributed by atoms with E-state index >= 15 is 0 Å². The van der Waals surface area contributed by atoms with Gasteiger partial charge in [-0.3, -0.25) is 4.79 Å². The molecule has 1 rings (SSSR count). The molecule has 1 atom stereocenters. The third-order valence-corrected chi connectivity index (χ3v) is 2.98. The number of hydrogen-bond donors (Lipinski definition) is 2. The number of hydrogen-bond acceptors (Lipinski definition) is 3. The van der Waals surface area contributed by atoms with E-state index in [4.69, 9.17) is 4.74 Å². The number of rotatable bonds is 5. The Kier molecular flexibility index (Phi) is 5.51. The minimum Gasteiger partial charge on any atom is -0.391 e. The van der Waals surface area contributed by atoms with E-state index in [1.807, 2.05) is 32.9 Å². The molecule has 0 spiro atoms. The first-order valence-corrected chi connectivity index (χ1v) is 6.38. The number of carbonyl (C=O) groups excluding carboxylic acids is 1. The summed E-state index contributed by atoms with van der Waals surface area (Å²) in [4.78, 5) is 11.9. The predicted molar refractivity (Wildman–Crippen MR) is 75.0 cm³/mol. The van der Waals surface area contributed by atoms with Gasteiger partial charge in [0.05, 0.1) is 12.7 Å². The first-order chi connectivity index (χ1) is 8.84. The zero-order chi connectivity index (χ0) is 14.5. The number of amides is 1. The van der Waals surface area contributed by atoms with Gasteiger partial charge in [0.2, 0.25) is 0 Å². The summed E-state index contributed by atoms with van der Waals surface area (Å²) in [7, 11) is 1.63. The molecule has 0 saturated carbocycles. The summed E-state index contributed by atoms with van der Waals surface area (Å²) < 4.78 is 5.01. The molecule has 0 bridgehead atoms. The Balaban J connectivity index is 2.54. The average Bonchev–Trinajstić information content (AvgIpc) is 2.35. The van der Waals surface area contributed by atoms with E-state index in [1.54, 1.807) is 19.2 Å². The van der Waals surface area contributed by atoms with Gasteiger partial charge in [0, 0.05) is 19.2 Å². The molecular weight excluding hydrogens is 242 g/mol. The van der Waals surface area contributed by atoms with E-state index in [2.05, 4.69) is 5.32 Å². The van der Waals surface area contributed by atoms with Crippen LogP contribution in [-0.4, -0.2) is 30.8 Å². The fourth-order valence-corrected chi connectivity index (χ4v) is 1.52. The first-order valence-electron chi connectivity index (χ1n) is 6.38. The smallest absolute Gasteiger partial charge is 0.251 e. The molecule has 0 radical (unpaired) electrons. The highest BCUT2D eigenvalue weighted by atomic mass is 16.5. The molecule has 1 unspecified atom stereocenters. The third kappa shape index (κ3) is 5.01. The van der Waals surface area contributed by atoms with Crippen LogP contribution in [0.5, 0.6) is 0 Å². The first kappa shape index (κ1) is 15.7. The topological polar surface area (TPSA) is 58.6 Å². The molecule has 4 heteroatoms. The lowest BCUT2D eigenvalue weighted by atomic mass is 9.89. The van der Waals surface area contributed by atoms with Crippen molar-refractivity contribution in [3.63, 3.8) is 0 Å². The molecule has 0 aliphatic heterocycles. The molecular formula is C15H23NO3. The van der Waals surface area contributed by atoms with E-state index in [0.29, 0.717) is 12.2 Å². The summed E-state index contributed by atoms with van der Waals surface area (Å²) in [5.41, 5.74) is 1.37. The Morgan fingerprint density at radius 3 is 2.37 bits per heavy atom. The second-order valence-electron chi connectivity index (χ2n) is 5.72. The van der Waals surface area contributed by atoms with E-state index in [-0.39, 0.29) is 17.9 Å². The number of aliphatic hydroxyl groups is 1. The van der Waals surface area contributed by atoms with E-state index in [1.165, 1.54) is 0 Å². The maximum atomic E-state index is 11.9. The molecule has 0 aliphatic rings. The second-order valence-corrected chi connectivity index (χ2v) is 5.72. The summed E-state index contributed by atoms with van der Waals surface area (Å²) in [6.07, 6.45) is -0.566. The van der Waals surface area contributed by atoms with Crippen LogP contribution in [0.2, 0.25) is 0 Å². The maximum absolute atomic E-state index is 11.9. The minimum atomic E-state index is -0.566. The van der Waals surface area contributed by atoms with Gasteiger partial charge in [-0.25, -0.2) is 0 Å². The molecule has 0 saturated heterocycles. The summed E-state index contributed by atoms with van der Waals surface area (Å²) in [5.74, 6) is -0.174. The van der Waals surface area contributed by atoms with Crippen LogP contribution in [0.15, 0.2) is 24.3 Å². The zero-order valence-electron chi connectivity index (χ0n) is 12.1. The number of aliphatic hydroxyl groups excluding tert-OH is 1. The highest BCUT2D eigenvalue weighted by Crippen LogP contribution is 2.18. The fraction of sp³-hybridized carbons (Fsp3) is 0.533. The molecule has 0 aromatic heterocycles. The van der Waals surface area contributed by atoms with Crippen molar-refractivity contribution in [1.29, 1.82) is 0 Å². The SMILES string of the molecule is COCc1ccc(C(=O)NCC(O)C(C)(C)C)cc1. The number of carbonyl (C=O) groups is 1. The zero-order valence-corrected chi connectivity index (χ0v) is 12.1. The van der Waals surface area contributed by atoms with Crippen LogP contribution in [0.25, 0.3) is 0 Å². The van der Waals surface area contributed by atoms with Crippen molar-refractivity contribution >= 4 is 5.91 Å². The summed E-state index contributed by atoms with van der Waals surface area (Å²) in [6.45, 7) is 6.59. The van der Waals surface area contributed by atoms with Gasteiger partial charge < -0.3 is 15.2 Å². The summed E-state index contributed by atoms with van der Waals surface area (Å²) in [6, 6.07) is 7.23. The number of methoxy groups -OCH3 is 1. The highest BCUT2D eigenvalue weighted by Gasteiger charge is 2.22. The van der Waals surface area contributed by atoms with Gasteiger partial charge in [-0.15, -0.1) is 0 Å². The Labute approximate surface area is 114 Å². The Morgan fingerprint density at radius 1 is 1.32 bits per heavy atom. The fourth-order valence-electron chi connectivity index (χ4n) is 1.52.